The van der Waals surface area contributed by atoms with Gasteiger partial charge in [-0.15, -0.1) is 0 Å². The number of hydrogen-bond donors (Lipinski definition) is 2. The molecule has 2 rings (SSSR count). The topological polar surface area (TPSA) is 50.5 Å². The van der Waals surface area contributed by atoms with E-state index in [9.17, 15) is 0 Å². The second-order valence-corrected chi connectivity index (χ2v) is 5.92. The van der Waals surface area contributed by atoms with Gasteiger partial charge in [0.1, 0.15) is 0 Å². The molecule has 1 aromatic rings. The molecule has 0 amide bonds. The van der Waals surface area contributed by atoms with Gasteiger partial charge in [0.25, 0.3) is 0 Å². The molecular formula is C16H27N3O. The van der Waals surface area contributed by atoms with Gasteiger partial charge in [0.15, 0.2) is 0 Å². The van der Waals surface area contributed by atoms with Gasteiger partial charge in [-0.3, -0.25) is 0 Å². The number of anilines is 2. The molecule has 1 unspecified atom stereocenters. The zero-order valence-corrected chi connectivity index (χ0v) is 12.6. The largest absolute Gasteiger partial charge is 0.383 e. The zero-order chi connectivity index (χ0) is 14.4. The Balaban J connectivity index is 1.82. The average molecular weight is 277 g/mol. The van der Waals surface area contributed by atoms with Gasteiger partial charge in [-0.05, 0) is 36.6 Å². The molecule has 1 aliphatic heterocycles. The summed E-state index contributed by atoms with van der Waals surface area (Å²) in [6, 6.07) is 8.82. The minimum absolute atomic E-state index is 0.217. The van der Waals surface area contributed by atoms with Crippen LogP contribution in [0.5, 0.6) is 0 Å². The molecule has 1 atom stereocenters. The summed E-state index contributed by atoms with van der Waals surface area (Å²) in [6.07, 6.45) is 1.05. The molecule has 112 valence electrons. The second-order valence-electron chi connectivity index (χ2n) is 5.92. The van der Waals surface area contributed by atoms with E-state index in [1.165, 1.54) is 5.69 Å². The molecule has 20 heavy (non-hydrogen) atoms. The number of hydrogen-bond acceptors (Lipinski definition) is 4. The lowest BCUT2D eigenvalue weighted by atomic mass is 10.0. The number of rotatable bonds is 6. The van der Waals surface area contributed by atoms with Crippen molar-refractivity contribution in [1.82, 2.24) is 0 Å². The summed E-state index contributed by atoms with van der Waals surface area (Å²) >= 11 is 0. The van der Waals surface area contributed by atoms with Gasteiger partial charge in [-0.25, -0.2) is 0 Å². The minimum Gasteiger partial charge on any atom is -0.383 e. The van der Waals surface area contributed by atoms with Crippen LogP contribution in [0.2, 0.25) is 0 Å². The number of morpholine rings is 1. The standard InChI is InChI=1S/C16H27N3O/c1-13(2)11-14(17)12-18-15-3-5-16(6-4-15)19-7-9-20-10-8-19/h3-6,13-14,18H,7-12,17H2,1-2H3. The summed E-state index contributed by atoms with van der Waals surface area (Å²) in [5, 5.41) is 3.41. The van der Waals surface area contributed by atoms with Gasteiger partial charge >= 0.3 is 0 Å². The van der Waals surface area contributed by atoms with Gasteiger partial charge in [0, 0.05) is 37.1 Å². The van der Waals surface area contributed by atoms with E-state index >= 15 is 0 Å². The summed E-state index contributed by atoms with van der Waals surface area (Å²) in [5.74, 6) is 0.649. The summed E-state index contributed by atoms with van der Waals surface area (Å²) in [6.45, 7) is 8.84. The second kappa shape index (κ2) is 7.50. The van der Waals surface area contributed by atoms with Gasteiger partial charge < -0.3 is 20.7 Å². The number of nitrogens with two attached hydrogens (primary N) is 1. The number of nitrogens with zero attached hydrogens (tertiary/aromatic N) is 1. The molecule has 0 saturated carbocycles. The van der Waals surface area contributed by atoms with Crippen LogP contribution in [0.15, 0.2) is 24.3 Å². The maximum atomic E-state index is 6.08. The van der Waals surface area contributed by atoms with Crippen molar-refractivity contribution in [3.05, 3.63) is 24.3 Å². The molecule has 0 spiro atoms. The van der Waals surface area contributed by atoms with Crippen molar-refractivity contribution in [3.63, 3.8) is 0 Å². The van der Waals surface area contributed by atoms with Crippen molar-refractivity contribution in [2.75, 3.05) is 43.1 Å². The number of ether oxygens (including phenoxy) is 1. The predicted octanol–water partition coefficient (Wildman–Crippen LogP) is 2.31. The highest BCUT2D eigenvalue weighted by Gasteiger charge is 2.11. The average Bonchev–Trinajstić information content (AvgIpc) is 2.46. The highest BCUT2D eigenvalue weighted by molar-refractivity contribution is 5.55. The van der Waals surface area contributed by atoms with Crippen molar-refractivity contribution in [1.29, 1.82) is 0 Å². The summed E-state index contributed by atoms with van der Waals surface area (Å²) in [4.78, 5) is 2.36. The maximum Gasteiger partial charge on any atom is 0.0642 e. The SMILES string of the molecule is CC(C)CC(N)CNc1ccc(N2CCOCC2)cc1. The van der Waals surface area contributed by atoms with Gasteiger partial charge in [-0.2, -0.15) is 0 Å². The Morgan fingerprint density at radius 1 is 1.20 bits per heavy atom. The molecule has 0 radical (unpaired) electrons. The smallest absolute Gasteiger partial charge is 0.0642 e. The molecular weight excluding hydrogens is 250 g/mol. The van der Waals surface area contributed by atoms with Crippen LogP contribution in [0, 0.1) is 5.92 Å². The molecule has 0 aromatic heterocycles. The van der Waals surface area contributed by atoms with E-state index in [2.05, 4.69) is 48.3 Å². The van der Waals surface area contributed by atoms with Gasteiger partial charge in [0.05, 0.1) is 13.2 Å². The third kappa shape index (κ3) is 4.69. The summed E-state index contributed by atoms with van der Waals surface area (Å²) in [7, 11) is 0. The molecule has 1 aliphatic rings. The van der Waals surface area contributed by atoms with E-state index in [-0.39, 0.29) is 6.04 Å². The Morgan fingerprint density at radius 2 is 1.85 bits per heavy atom. The molecule has 0 aliphatic carbocycles. The first kappa shape index (κ1) is 15.1. The van der Waals surface area contributed by atoms with Gasteiger partial charge in [-0.1, -0.05) is 13.8 Å². The Bertz CT molecular complexity index is 385. The van der Waals surface area contributed by atoms with Crippen LogP contribution in [-0.2, 0) is 4.74 Å². The van der Waals surface area contributed by atoms with Crippen LogP contribution in [0.25, 0.3) is 0 Å². The Hall–Kier alpha value is -1.26. The van der Waals surface area contributed by atoms with Crippen LogP contribution < -0.4 is 16.0 Å². The van der Waals surface area contributed by atoms with Crippen molar-refractivity contribution >= 4 is 11.4 Å². The highest BCUT2D eigenvalue weighted by atomic mass is 16.5. The maximum absolute atomic E-state index is 6.08. The van der Waals surface area contributed by atoms with Crippen LogP contribution in [-0.4, -0.2) is 38.9 Å². The Kier molecular flexibility index (Phi) is 5.68. The van der Waals surface area contributed by atoms with Crippen molar-refractivity contribution in [3.8, 4) is 0 Å². The van der Waals surface area contributed by atoms with Crippen LogP contribution >= 0.6 is 0 Å². The lowest BCUT2D eigenvalue weighted by Crippen LogP contribution is -2.36. The van der Waals surface area contributed by atoms with E-state index in [0.29, 0.717) is 5.92 Å². The third-order valence-electron chi connectivity index (χ3n) is 3.59. The van der Waals surface area contributed by atoms with Crippen molar-refractivity contribution < 1.29 is 4.74 Å². The third-order valence-corrected chi connectivity index (χ3v) is 3.59. The summed E-state index contributed by atoms with van der Waals surface area (Å²) < 4.78 is 5.37. The van der Waals surface area contributed by atoms with Gasteiger partial charge in [0.2, 0.25) is 0 Å². The highest BCUT2D eigenvalue weighted by Crippen LogP contribution is 2.19. The molecule has 1 saturated heterocycles. The van der Waals surface area contributed by atoms with Crippen LogP contribution in [0.1, 0.15) is 20.3 Å². The van der Waals surface area contributed by atoms with Crippen molar-refractivity contribution in [2.24, 2.45) is 11.7 Å². The number of benzene rings is 1. The first-order valence-electron chi connectivity index (χ1n) is 7.57. The fourth-order valence-corrected chi connectivity index (χ4v) is 2.55. The quantitative estimate of drug-likeness (QED) is 0.838. The minimum atomic E-state index is 0.217. The molecule has 1 heterocycles. The van der Waals surface area contributed by atoms with E-state index in [4.69, 9.17) is 10.5 Å². The van der Waals surface area contributed by atoms with Crippen LogP contribution in [0.4, 0.5) is 11.4 Å². The predicted molar refractivity (Wildman–Crippen MR) is 85.4 cm³/mol. The molecule has 4 heteroatoms. The number of nitrogens with one attached hydrogen (secondary N) is 1. The lowest BCUT2D eigenvalue weighted by Gasteiger charge is -2.29. The van der Waals surface area contributed by atoms with E-state index in [0.717, 1.165) is 45.0 Å². The first-order chi connectivity index (χ1) is 9.65. The lowest BCUT2D eigenvalue weighted by molar-refractivity contribution is 0.122. The van der Waals surface area contributed by atoms with Crippen molar-refractivity contribution in [2.45, 2.75) is 26.3 Å². The van der Waals surface area contributed by atoms with E-state index < -0.39 is 0 Å². The zero-order valence-electron chi connectivity index (χ0n) is 12.6. The summed E-state index contributed by atoms with van der Waals surface area (Å²) in [5.41, 5.74) is 8.49. The normalized spacial score (nSPS) is 17.3. The molecule has 3 N–H and O–H groups in total. The molecule has 1 fully saturated rings. The molecule has 4 nitrogen and oxygen atoms in total. The Morgan fingerprint density at radius 3 is 2.45 bits per heavy atom. The molecule has 1 aromatic carbocycles. The van der Waals surface area contributed by atoms with E-state index in [1.54, 1.807) is 0 Å². The fourth-order valence-electron chi connectivity index (χ4n) is 2.55. The van der Waals surface area contributed by atoms with E-state index in [1.807, 2.05) is 0 Å². The molecule has 0 bridgehead atoms. The monoisotopic (exact) mass is 277 g/mol. The van der Waals surface area contributed by atoms with Crippen LogP contribution in [0.3, 0.4) is 0 Å². The Labute approximate surface area is 122 Å². The first-order valence-corrected chi connectivity index (χ1v) is 7.57. The fraction of sp³-hybridized carbons (Fsp3) is 0.625.